The summed E-state index contributed by atoms with van der Waals surface area (Å²) in [5, 5.41) is 3.54. The summed E-state index contributed by atoms with van der Waals surface area (Å²) in [7, 11) is 1.96. The van der Waals surface area contributed by atoms with E-state index in [1.54, 1.807) is 6.07 Å². The second-order valence-electron chi connectivity index (χ2n) is 4.27. The summed E-state index contributed by atoms with van der Waals surface area (Å²) in [6.07, 6.45) is 4.30. The third-order valence-electron chi connectivity index (χ3n) is 2.64. The minimum absolute atomic E-state index is 0.00104. The summed E-state index contributed by atoms with van der Waals surface area (Å²) >= 11 is 5.87. The number of halogens is 1. The van der Waals surface area contributed by atoms with E-state index in [1.165, 1.54) is 0 Å². The van der Waals surface area contributed by atoms with E-state index >= 15 is 0 Å². The first kappa shape index (κ1) is 12.7. The highest BCUT2D eigenvalue weighted by Gasteiger charge is 2.04. The van der Waals surface area contributed by atoms with Gasteiger partial charge < -0.3 is 9.88 Å². The fourth-order valence-electron chi connectivity index (χ4n) is 1.76. The highest BCUT2D eigenvalue weighted by atomic mass is 35.5. The SMILES string of the molecule is Cn1ccc(CNC(=O)Cc2cccc(Cl)c2)c1. The van der Waals surface area contributed by atoms with E-state index < -0.39 is 0 Å². The van der Waals surface area contributed by atoms with Gasteiger partial charge in [0.1, 0.15) is 0 Å². The van der Waals surface area contributed by atoms with Gasteiger partial charge in [-0.3, -0.25) is 4.79 Å². The first-order valence-corrected chi connectivity index (χ1v) is 6.13. The van der Waals surface area contributed by atoms with Gasteiger partial charge in [0.15, 0.2) is 0 Å². The van der Waals surface area contributed by atoms with Crippen LogP contribution in [0.1, 0.15) is 11.1 Å². The van der Waals surface area contributed by atoms with Crippen molar-refractivity contribution in [2.75, 3.05) is 0 Å². The molecule has 0 bridgehead atoms. The van der Waals surface area contributed by atoms with Crippen LogP contribution in [0.15, 0.2) is 42.7 Å². The molecule has 2 aromatic rings. The summed E-state index contributed by atoms with van der Waals surface area (Å²) in [5.41, 5.74) is 2.02. The molecular formula is C14H15ClN2O. The number of rotatable bonds is 4. The number of benzene rings is 1. The van der Waals surface area contributed by atoms with Crippen LogP contribution in [0.5, 0.6) is 0 Å². The van der Waals surface area contributed by atoms with Crippen molar-refractivity contribution in [1.29, 1.82) is 0 Å². The summed E-state index contributed by atoms with van der Waals surface area (Å²) in [4.78, 5) is 11.7. The maximum atomic E-state index is 11.7. The Bertz CT molecular complexity index is 548. The lowest BCUT2D eigenvalue weighted by Gasteiger charge is -2.04. The lowest BCUT2D eigenvalue weighted by molar-refractivity contribution is -0.120. The van der Waals surface area contributed by atoms with E-state index in [0.717, 1.165) is 11.1 Å². The first-order chi connectivity index (χ1) is 8.63. The van der Waals surface area contributed by atoms with Gasteiger partial charge in [-0.25, -0.2) is 0 Å². The maximum absolute atomic E-state index is 11.7. The monoisotopic (exact) mass is 262 g/mol. The third kappa shape index (κ3) is 3.64. The Kier molecular flexibility index (Phi) is 4.05. The number of nitrogens with zero attached hydrogens (tertiary/aromatic N) is 1. The van der Waals surface area contributed by atoms with Crippen molar-refractivity contribution in [3.63, 3.8) is 0 Å². The van der Waals surface area contributed by atoms with Crippen LogP contribution in [-0.2, 0) is 24.8 Å². The van der Waals surface area contributed by atoms with E-state index in [0.29, 0.717) is 18.0 Å². The molecule has 1 aromatic heterocycles. The Labute approximate surface area is 111 Å². The largest absolute Gasteiger partial charge is 0.357 e. The van der Waals surface area contributed by atoms with E-state index in [2.05, 4.69) is 5.32 Å². The van der Waals surface area contributed by atoms with Gasteiger partial charge in [-0.05, 0) is 29.3 Å². The molecule has 1 aromatic carbocycles. The predicted octanol–water partition coefficient (Wildman–Crippen LogP) is 2.54. The van der Waals surface area contributed by atoms with Crippen molar-refractivity contribution in [3.05, 3.63) is 58.9 Å². The summed E-state index contributed by atoms with van der Waals surface area (Å²) in [6, 6.07) is 9.34. The Morgan fingerprint density at radius 3 is 2.83 bits per heavy atom. The summed E-state index contributed by atoms with van der Waals surface area (Å²) < 4.78 is 1.96. The Hall–Kier alpha value is -1.74. The number of nitrogens with one attached hydrogen (secondary N) is 1. The molecule has 0 aliphatic rings. The van der Waals surface area contributed by atoms with Crippen molar-refractivity contribution in [2.45, 2.75) is 13.0 Å². The van der Waals surface area contributed by atoms with Crippen LogP contribution in [-0.4, -0.2) is 10.5 Å². The average Bonchev–Trinajstić information content (AvgIpc) is 2.73. The minimum Gasteiger partial charge on any atom is -0.357 e. The molecule has 0 spiro atoms. The van der Waals surface area contributed by atoms with Crippen LogP contribution in [0.25, 0.3) is 0 Å². The maximum Gasteiger partial charge on any atom is 0.224 e. The molecule has 1 N–H and O–H groups in total. The fourth-order valence-corrected chi connectivity index (χ4v) is 1.97. The smallest absolute Gasteiger partial charge is 0.224 e. The van der Waals surface area contributed by atoms with Gasteiger partial charge in [-0.2, -0.15) is 0 Å². The Morgan fingerprint density at radius 2 is 2.17 bits per heavy atom. The van der Waals surface area contributed by atoms with Crippen molar-refractivity contribution in [1.82, 2.24) is 9.88 Å². The highest BCUT2D eigenvalue weighted by Crippen LogP contribution is 2.11. The molecule has 94 valence electrons. The van der Waals surface area contributed by atoms with Gasteiger partial charge in [0, 0.05) is 31.0 Å². The Balaban J connectivity index is 1.85. The van der Waals surface area contributed by atoms with Gasteiger partial charge in [-0.1, -0.05) is 23.7 Å². The summed E-state index contributed by atoms with van der Waals surface area (Å²) in [6.45, 7) is 0.556. The van der Waals surface area contributed by atoms with Gasteiger partial charge in [0.05, 0.1) is 6.42 Å². The number of amides is 1. The zero-order valence-corrected chi connectivity index (χ0v) is 10.9. The first-order valence-electron chi connectivity index (χ1n) is 5.75. The van der Waals surface area contributed by atoms with E-state index in [4.69, 9.17) is 11.6 Å². The molecule has 1 heterocycles. The molecular weight excluding hydrogens is 248 g/mol. The third-order valence-corrected chi connectivity index (χ3v) is 2.87. The van der Waals surface area contributed by atoms with Crippen LogP contribution >= 0.6 is 11.6 Å². The standard InChI is InChI=1S/C14H15ClN2O/c1-17-6-5-12(10-17)9-16-14(18)8-11-3-2-4-13(15)7-11/h2-7,10H,8-9H2,1H3,(H,16,18). The second kappa shape index (κ2) is 5.74. The average molecular weight is 263 g/mol. The van der Waals surface area contributed by atoms with Crippen LogP contribution < -0.4 is 5.32 Å². The quantitative estimate of drug-likeness (QED) is 0.903. The molecule has 0 atom stereocenters. The molecule has 18 heavy (non-hydrogen) atoms. The molecule has 0 aliphatic heterocycles. The topological polar surface area (TPSA) is 34.0 Å². The van der Waals surface area contributed by atoms with Crippen molar-refractivity contribution in [3.8, 4) is 0 Å². The molecule has 2 rings (SSSR count). The van der Waals surface area contributed by atoms with Crippen molar-refractivity contribution >= 4 is 17.5 Å². The summed E-state index contributed by atoms with van der Waals surface area (Å²) in [5.74, 6) is 0.00104. The number of carbonyl (C=O) groups excluding carboxylic acids is 1. The van der Waals surface area contributed by atoms with E-state index in [1.807, 2.05) is 48.3 Å². The van der Waals surface area contributed by atoms with Crippen LogP contribution in [0.2, 0.25) is 5.02 Å². The minimum atomic E-state index is 0.00104. The molecule has 0 radical (unpaired) electrons. The van der Waals surface area contributed by atoms with Crippen molar-refractivity contribution in [2.24, 2.45) is 7.05 Å². The zero-order chi connectivity index (χ0) is 13.0. The fraction of sp³-hybridized carbons (Fsp3) is 0.214. The van der Waals surface area contributed by atoms with Gasteiger partial charge in [0.25, 0.3) is 0 Å². The molecule has 3 nitrogen and oxygen atoms in total. The van der Waals surface area contributed by atoms with Gasteiger partial charge >= 0.3 is 0 Å². The molecule has 0 saturated carbocycles. The predicted molar refractivity (Wildman–Crippen MR) is 72.4 cm³/mol. The normalized spacial score (nSPS) is 10.3. The highest BCUT2D eigenvalue weighted by molar-refractivity contribution is 6.30. The molecule has 0 aliphatic carbocycles. The van der Waals surface area contributed by atoms with E-state index in [-0.39, 0.29) is 5.91 Å². The van der Waals surface area contributed by atoms with Crippen LogP contribution in [0.4, 0.5) is 0 Å². The lowest BCUT2D eigenvalue weighted by Crippen LogP contribution is -2.24. The number of aryl methyl sites for hydroxylation is 1. The molecule has 0 saturated heterocycles. The number of hydrogen-bond donors (Lipinski definition) is 1. The lowest BCUT2D eigenvalue weighted by atomic mass is 10.1. The molecule has 0 unspecified atom stereocenters. The number of hydrogen-bond acceptors (Lipinski definition) is 1. The van der Waals surface area contributed by atoms with Crippen LogP contribution in [0.3, 0.4) is 0 Å². The molecule has 0 fully saturated rings. The Morgan fingerprint density at radius 1 is 1.33 bits per heavy atom. The number of aromatic nitrogens is 1. The molecule has 4 heteroatoms. The van der Waals surface area contributed by atoms with Crippen LogP contribution in [0, 0.1) is 0 Å². The zero-order valence-electron chi connectivity index (χ0n) is 10.2. The molecule has 1 amide bonds. The van der Waals surface area contributed by atoms with E-state index in [9.17, 15) is 4.79 Å². The second-order valence-corrected chi connectivity index (χ2v) is 4.71. The van der Waals surface area contributed by atoms with Gasteiger partial charge in [0.2, 0.25) is 5.91 Å². The van der Waals surface area contributed by atoms with Crippen molar-refractivity contribution < 1.29 is 4.79 Å². The number of carbonyl (C=O) groups is 1. The van der Waals surface area contributed by atoms with Gasteiger partial charge in [-0.15, -0.1) is 0 Å².